The lowest BCUT2D eigenvalue weighted by molar-refractivity contribution is 0.140. The van der Waals surface area contributed by atoms with E-state index in [1.807, 2.05) is 23.6 Å². The van der Waals surface area contributed by atoms with E-state index in [0.29, 0.717) is 12.1 Å². The predicted molar refractivity (Wildman–Crippen MR) is 58.3 cm³/mol. The third-order valence-corrected chi connectivity index (χ3v) is 2.75. The molecule has 3 nitrogen and oxygen atoms in total. The molecule has 0 saturated heterocycles. The summed E-state index contributed by atoms with van der Waals surface area (Å²) in [4.78, 5) is 16.0. The molecule has 0 spiro atoms. The first-order valence-corrected chi connectivity index (χ1v) is 5.69. The van der Waals surface area contributed by atoms with E-state index < -0.39 is 0 Å². The van der Waals surface area contributed by atoms with Gasteiger partial charge in [-0.05, 0) is 40.5 Å². The molecule has 0 aromatic rings. The van der Waals surface area contributed by atoms with Gasteiger partial charge >= 0.3 is 6.03 Å². The van der Waals surface area contributed by atoms with Crippen molar-refractivity contribution in [2.45, 2.75) is 52.6 Å². The maximum absolute atomic E-state index is 12.1. The quantitative estimate of drug-likeness (QED) is 0.680. The molecule has 1 fully saturated rings. The van der Waals surface area contributed by atoms with E-state index >= 15 is 0 Å². The summed E-state index contributed by atoms with van der Waals surface area (Å²) in [7, 11) is 0. The lowest BCUT2D eigenvalue weighted by Crippen LogP contribution is -2.47. The Labute approximate surface area is 87.1 Å². The van der Waals surface area contributed by atoms with Gasteiger partial charge in [0.25, 0.3) is 0 Å². The Bertz CT molecular complexity index is 193. The number of nitrogens with zero attached hydrogens (tertiary/aromatic N) is 2. The summed E-state index contributed by atoms with van der Waals surface area (Å²) in [6, 6.07) is 1.06. The maximum atomic E-state index is 12.1. The van der Waals surface area contributed by atoms with Crippen molar-refractivity contribution in [2.75, 3.05) is 13.1 Å². The largest absolute Gasteiger partial charge is 0.325 e. The number of hydrogen-bond acceptors (Lipinski definition) is 1. The third kappa shape index (κ3) is 2.40. The van der Waals surface area contributed by atoms with Gasteiger partial charge in [-0.25, -0.2) is 4.79 Å². The topological polar surface area (TPSA) is 23.6 Å². The van der Waals surface area contributed by atoms with Crippen LogP contribution in [-0.2, 0) is 0 Å². The fraction of sp³-hybridized carbons (Fsp3) is 0.909. The second-order valence-corrected chi connectivity index (χ2v) is 4.19. The van der Waals surface area contributed by atoms with E-state index in [4.69, 9.17) is 0 Å². The maximum Gasteiger partial charge on any atom is 0.320 e. The molecule has 0 atom stereocenters. The molecule has 3 heteroatoms. The van der Waals surface area contributed by atoms with Crippen LogP contribution in [0, 0.1) is 0 Å². The van der Waals surface area contributed by atoms with Gasteiger partial charge in [-0.3, -0.25) is 0 Å². The Morgan fingerprint density at radius 1 is 1.29 bits per heavy atom. The molecule has 0 radical (unpaired) electrons. The zero-order chi connectivity index (χ0) is 10.7. The number of rotatable bonds is 4. The molecule has 0 aromatic carbocycles. The van der Waals surface area contributed by atoms with Crippen LogP contribution in [-0.4, -0.2) is 41.0 Å². The van der Waals surface area contributed by atoms with Gasteiger partial charge in [0.15, 0.2) is 0 Å². The Kier molecular flexibility index (Phi) is 3.78. The minimum atomic E-state index is 0.215. The minimum Gasteiger partial charge on any atom is -0.325 e. The van der Waals surface area contributed by atoms with Crippen LogP contribution < -0.4 is 0 Å². The van der Waals surface area contributed by atoms with Gasteiger partial charge in [0.05, 0.1) is 0 Å². The summed E-state index contributed by atoms with van der Waals surface area (Å²) < 4.78 is 0. The average molecular weight is 198 g/mol. The molecule has 0 bridgehead atoms. The highest BCUT2D eigenvalue weighted by Crippen LogP contribution is 2.29. The number of urea groups is 1. The first kappa shape index (κ1) is 11.3. The highest BCUT2D eigenvalue weighted by Gasteiger charge is 2.35. The van der Waals surface area contributed by atoms with E-state index in [1.165, 1.54) is 12.8 Å². The van der Waals surface area contributed by atoms with Gasteiger partial charge in [-0.1, -0.05) is 0 Å². The van der Waals surface area contributed by atoms with Crippen molar-refractivity contribution in [3.8, 4) is 0 Å². The fourth-order valence-corrected chi connectivity index (χ4v) is 1.81. The van der Waals surface area contributed by atoms with Crippen molar-refractivity contribution in [1.82, 2.24) is 9.80 Å². The summed E-state index contributed by atoms with van der Waals surface area (Å²) in [5, 5.41) is 0. The number of amides is 2. The number of carbonyl (C=O) groups is 1. The van der Waals surface area contributed by atoms with Crippen molar-refractivity contribution >= 4 is 6.03 Å². The summed E-state index contributed by atoms with van der Waals surface area (Å²) in [6.07, 6.45) is 2.37. The van der Waals surface area contributed by atoms with Gasteiger partial charge in [-0.2, -0.15) is 0 Å². The molecular weight excluding hydrogens is 176 g/mol. The molecule has 0 heterocycles. The zero-order valence-corrected chi connectivity index (χ0v) is 9.79. The van der Waals surface area contributed by atoms with E-state index in [2.05, 4.69) is 13.8 Å². The minimum absolute atomic E-state index is 0.215. The van der Waals surface area contributed by atoms with Gasteiger partial charge in [0, 0.05) is 25.2 Å². The van der Waals surface area contributed by atoms with Crippen molar-refractivity contribution in [2.24, 2.45) is 0 Å². The molecule has 14 heavy (non-hydrogen) atoms. The van der Waals surface area contributed by atoms with E-state index in [1.54, 1.807) is 0 Å². The lowest BCUT2D eigenvalue weighted by Gasteiger charge is -2.32. The van der Waals surface area contributed by atoms with Gasteiger partial charge in [0.2, 0.25) is 0 Å². The van der Waals surface area contributed by atoms with Gasteiger partial charge in [-0.15, -0.1) is 0 Å². The molecule has 1 rings (SSSR count). The average Bonchev–Trinajstić information content (AvgIpc) is 2.90. The van der Waals surface area contributed by atoms with Crippen LogP contribution >= 0.6 is 0 Å². The van der Waals surface area contributed by atoms with Crippen molar-refractivity contribution in [3.63, 3.8) is 0 Å². The van der Waals surface area contributed by atoms with Crippen molar-refractivity contribution in [3.05, 3.63) is 0 Å². The van der Waals surface area contributed by atoms with Gasteiger partial charge < -0.3 is 9.80 Å². The van der Waals surface area contributed by atoms with Crippen molar-refractivity contribution in [1.29, 1.82) is 0 Å². The summed E-state index contributed by atoms with van der Waals surface area (Å²) >= 11 is 0. The van der Waals surface area contributed by atoms with Crippen LogP contribution in [0.2, 0.25) is 0 Å². The zero-order valence-electron chi connectivity index (χ0n) is 9.79. The van der Waals surface area contributed by atoms with Crippen LogP contribution in [0.5, 0.6) is 0 Å². The molecule has 1 saturated carbocycles. The fourth-order valence-electron chi connectivity index (χ4n) is 1.81. The first-order chi connectivity index (χ1) is 6.61. The Morgan fingerprint density at radius 2 is 1.79 bits per heavy atom. The predicted octanol–water partition coefficient (Wildman–Crippen LogP) is 2.32. The van der Waals surface area contributed by atoms with Crippen molar-refractivity contribution < 1.29 is 4.79 Å². The number of hydrogen-bond donors (Lipinski definition) is 0. The first-order valence-electron chi connectivity index (χ1n) is 5.69. The monoisotopic (exact) mass is 198 g/mol. The molecule has 0 N–H and O–H groups in total. The van der Waals surface area contributed by atoms with Crippen LogP contribution in [0.1, 0.15) is 40.5 Å². The smallest absolute Gasteiger partial charge is 0.320 e. The molecule has 2 amide bonds. The van der Waals surface area contributed by atoms with Crippen LogP contribution in [0.25, 0.3) is 0 Å². The molecule has 1 aliphatic rings. The van der Waals surface area contributed by atoms with E-state index in [0.717, 1.165) is 13.1 Å². The molecule has 82 valence electrons. The SMILES string of the molecule is CCN(CC)C(=O)N(C(C)C)C1CC1. The number of carbonyl (C=O) groups excluding carboxylic acids is 1. The standard InChI is InChI=1S/C11H22N2O/c1-5-12(6-2)11(14)13(9(3)4)10-7-8-10/h9-10H,5-8H2,1-4H3. The van der Waals surface area contributed by atoms with Crippen LogP contribution in [0.4, 0.5) is 4.79 Å². The Balaban J connectivity index is 2.62. The normalized spacial score (nSPS) is 15.8. The molecule has 0 unspecified atom stereocenters. The second kappa shape index (κ2) is 4.67. The second-order valence-electron chi connectivity index (χ2n) is 4.19. The molecule has 1 aliphatic carbocycles. The van der Waals surface area contributed by atoms with E-state index in [-0.39, 0.29) is 6.03 Å². The molecular formula is C11H22N2O. The lowest BCUT2D eigenvalue weighted by atomic mass is 10.3. The van der Waals surface area contributed by atoms with Crippen LogP contribution in [0.15, 0.2) is 0 Å². The highest BCUT2D eigenvalue weighted by atomic mass is 16.2. The Hall–Kier alpha value is -0.730. The summed E-state index contributed by atoms with van der Waals surface area (Å²) in [5.41, 5.74) is 0. The Morgan fingerprint density at radius 3 is 2.07 bits per heavy atom. The highest BCUT2D eigenvalue weighted by molar-refractivity contribution is 5.75. The van der Waals surface area contributed by atoms with Crippen LogP contribution in [0.3, 0.4) is 0 Å². The van der Waals surface area contributed by atoms with E-state index in [9.17, 15) is 4.79 Å². The molecule has 0 aliphatic heterocycles. The molecule has 0 aromatic heterocycles. The third-order valence-electron chi connectivity index (χ3n) is 2.75. The summed E-state index contributed by atoms with van der Waals surface area (Å²) in [5.74, 6) is 0. The van der Waals surface area contributed by atoms with Gasteiger partial charge in [0.1, 0.15) is 0 Å². The summed E-state index contributed by atoms with van der Waals surface area (Å²) in [6.45, 7) is 9.88.